The lowest BCUT2D eigenvalue weighted by molar-refractivity contribution is 0.0804. The molecule has 0 fully saturated rings. The number of nitrogens with two attached hydrogens (primary N) is 1. The van der Waals surface area contributed by atoms with Crippen LogP contribution in [0.1, 0.15) is 32.8 Å². The van der Waals surface area contributed by atoms with Gasteiger partial charge in [-0.3, -0.25) is 0 Å². The lowest BCUT2D eigenvalue weighted by atomic mass is 10.0. The summed E-state index contributed by atoms with van der Waals surface area (Å²) in [6.07, 6.45) is 1.48. The van der Waals surface area contributed by atoms with E-state index in [0.717, 1.165) is 12.0 Å². The number of para-hydroxylation sites is 1. The predicted molar refractivity (Wildman–Crippen MR) is 79.5 cm³/mol. The van der Waals surface area contributed by atoms with Crippen molar-refractivity contribution in [3.05, 3.63) is 29.6 Å². The molecule has 0 heterocycles. The van der Waals surface area contributed by atoms with Crippen LogP contribution in [0.2, 0.25) is 0 Å². The van der Waals surface area contributed by atoms with E-state index in [1.54, 1.807) is 6.07 Å². The first-order chi connectivity index (χ1) is 9.54. The number of ether oxygens (including phenoxy) is 2. The molecule has 0 bridgehead atoms. The van der Waals surface area contributed by atoms with Gasteiger partial charge in [0.2, 0.25) is 0 Å². The summed E-state index contributed by atoms with van der Waals surface area (Å²) in [5, 5.41) is 0. The summed E-state index contributed by atoms with van der Waals surface area (Å²) in [5.41, 5.74) is 6.75. The average Bonchev–Trinajstić information content (AvgIpc) is 2.40. The lowest BCUT2D eigenvalue weighted by Crippen LogP contribution is -2.22. The minimum absolute atomic E-state index is 0.0244. The number of halogens is 1. The number of hydrogen-bond donors (Lipinski definition) is 1. The largest absolute Gasteiger partial charge is 0.488 e. The van der Waals surface area contributed by atoms with Crippen molar-refractivity contribution in [1.82, 2.24) is 0 Å². The van der Waals surface area contributed by atoms with E-state index in [0.29, 0.717) is 37.9 Å². The Morgan fingerprint density at radius 2 is 2.00 bits per heavy atom. The molecule has 0 spiro atoms. The smallest absolute Gasteiger partial charge is 0.165 e. The summed E-state index contributed by atoms with van der Waals surface area (Å²) >= 11 is 0. The molecule has 0 radical (unpaired) electrons. The fourth-order valence-corrected chi connectivity index (χ4v) is 1.82. The van der Waals surface area contributed by atoms with Crippen LogP contribution in [0.5, 0.6) is 5.75 Å². The van der Waals surface area contributed by atoms with Gasteiger partial charge in [-0.2, -0.15) is 0 Å². The van der Waals surface area contributed by atoms with E-state index in [1.165, 1.54) is 6.07 Å². The second-order valence-electron chi connectivity index (χ2n) is 5.42. The summed E-state index contributed by atoms with van der Waals surface area (Å²) in [6.45, 7) is 7.69. The molecule has 0 amide bonds. The Morgan fingerprint density at radius 1 is 1.25 bits per heavy atom. The van der Waals surface area contributed by atoms with Crippen LogP contribution in [0.15, 0.2) is 18.2 Å². The van der Waals surface area contributed by atoms with Gasteiger partial charge in [-0.05, 0) is 30.4 Å². The van der Waals surface area contributed by atoms with Crippen LogP contribution in [-0.2, 0) is 11.2 Å². The Bertz CT molecular complexity index is 396. The van der Waals surface area contributed by atoms with Gasteiger partial charge in [-0.25, -0.2) is 4.39 Å². The van der Waals surface area contributed by atoms with E-state index >= 15 is 0 Å². The van der Waals surface area contributed by atoms with E-state index in [2.05, 4.69) is 13.8 Å². The van der Waals surface area contributed by atoms with Gasteiger partial charge in [0.25, 0.3) is 0 Å². The molecular formula is C16H26FNO2. The van der Waals surface area contributed by atoms with Crippen molar-refractivity contribution in [2.75, 3.05) is 19.8 Å². The molecule has 20 heavy (non-hydrogen) atoms. The Kier molecular flexibility index (Phi) is 7.55. The molecule has 0 aliphatic heterocycles. The Labute approximate surface area is 121 Å². The van der Waals surface area contributed by atoms with Gasteiger partial charge in [0.15, 0.2) is 11.6 Å². The third-order valence-corrected chi connectivity index (χ3v) is 2.98. The number of hydrogen-bond acceptors (Lipinski definition) is 3. The fraction of sp³-hybridized carbons (Fsp3) is 0.625. The second-order valence-corrected chi connectivity index (χ2v) is 5.42. The lowest BCUT2D eigenvalue weighted by Gasteiger charge is -2.15. The van der Waals surface area contributed by atoms with Gasteiger partial charge >= 0.3 is 0 Å². The molecule has 0 aromatic heterocycles. The van der Waals surface area contributed by atoms with Crippen LogP contribution >= 0.6 is 0 Å². The summed E-state index contributed by atoms with van der Waals surface area (Å²) in [7, 11) is 0. The van der Waals surface area contributed by atoms with Gasteiger partial charge in [-0.15, -0.1) is 0 Å². The first kappa shape index (κ1) is 16.9. The normalized spacial score (nSPS) is 12.7. The van der Waals surface area contributed by atoms with Crippen LogP contribution < -0.4 is 10.5 Å². The number of benzene rings is 1. The topological polar surface area (TPSA) is 44.5 Å². The molecular weight excluding hydrogens is 257 g/mol. The molecule has 1 unspecified atom stereocenters. The van der Waals surface area contributed by atoms with Crippen molar-refractivity contribution in [2.24, 2.45) is 11.7 Å². The van der Waals surface area contributed by atoms with E-state index in [4.69, 9.17) is 15.2 Å². The van der Waals surface area contributed by atoms with Crippen molar-refractivity contribution in [3.63, 3.8) is 0 Å². The maximum Gasteiger partial charge on any atom is 0.165 e. The van der Waals surface area contributed by atoms with Crippen LogP contribution in [-0.4, -0.2) is 25.9 Å². The molecule has 0 aliphatic carbocycles. The van der Waals surface area contributed by atoms with Crippen molar-refractivity contribution >= 4 is 0 Å². The summed E-state index contributed by atoms with van der Waals surface area (Å²) in [5.74, 6) is 0.459. The zero-order chi connectivity index (χ0) is 15.0. The standard InChI is InChI=1S/C16H26FNO2/c1-4-14(18)10-13-6-5-7-15(17)16(13)20-9-8-19-11-12(2)3/h5-7,12,14H,4,8-11,18H2,1-3H3. The van der Waals surface area contributed by atoms with Crippen LogP contribution in [0, 0.1) is 11.7 Å². The van der Waals surface area contributed by atoms with Crippen LogP contribution in [0.3, 0.4) is 0 Å². The summed E-state index contributed by atoms with van der Waals surface area (Å²) in [4.78, 5) is 0. The summed E-state index contributed by atoms with van der Waals surface area (Å²) < 4.78 is 24.8. The van der Waals surface area contributed by atoms with Crippen molar-refractivity contribution in [3.8, 4) is 5.75 Å². The van der Waals surface area contributed by atoms with E-state index in [9.17, 15) is 4.39 Å². The Hall–Kier alpha value is -1.13. The second kappa shape index (κ2) is 8.93. The molecule has 0 saturated heterocycles. The zero-order valence-electron chi connectivity index (χ0n) is 12.7. The van der Waals surface area contributed by atoms with E-state index in [1.807, 2.05) is 13.0 Å². The van der Waals surface area contributed by atoms with Gasteiger partial charge in [0, 0.05) is 12.6 Å². The molecule has 0 saturated carbocycles. The molecule has 1 aromatic rings. The number of rotatable bonds is 9. The fourth-order valence-electron chi connectivity index (χ4n) is 1.82. The van der Waals surface area contributed by atoms with Gasteiger partial charge < -0.3 is 15.2 Å². The molecule has 4 heteroatoms. The molecule has 2 N–H and O–H groups in total. The SMILES string of the molecule is CCC(N)Cc1cccc(F)c1OCCOCC(C)C. The quantitative estimate of drug-likeness (QED) is 0.708. The molecule has 114 valence electrons. The predicted octanol–water partition coefficient (Wildman–Crippen LogP) is 3.16. The highest BCUT2D eigenvalue weighted by Gasteiger charge is 2.12. The van der Waals surface area contributed by atoms with Crippen molar-refractivity contribution in [2.45, 2.75) is 39.7 Å². The van der Waals surface area contributed by atoms with E-state index < -0.39 is 0 Å². The highest BCUT2D eigenvalue weighted by molar-refractivity contribution is 5.35. The molecule has 1 atom stereocenters. The van der Waals surface area contributed by atoms with Crippen molar-refractivity contribution < 1.29 is 13.9 Å². The maximum absolute atomic E-state index is 13.8. The molecule has 0 aliphatic rings. The third-order valence-electron chi connectivity index (χ3n) is 2.98. The monoisotopic (exact) mass is 283 g/mol. The Morgan fingerprint density at radius 3 is 2.65 bits per heavy atom. The maximum atomic E-state index is 13.8. The molecule has 1 rings (SSSR count). The zero-order valence-corrected chi connectivity index (χ0v) is 12.7. The first-order valence-corrected chi connectivity index (χ1v) is 7.28. The third kappa shape index (κ3) is 5.88. The van der Waals surface area contributed by atoms with Gasteiger partial charge in [0.05, 0.1) is 6.61 Å². The summed E-state index contributed by atoms with van der Waals surface area (Å²) in [6, 6.07) is 4.99. The molecule has 1 aromatic carbocycles. The highest BCUT2D eigenvalue weighted by atomic mass is 19.1. The molecule has 3 nitrogen and oxygen atoms in total. The minimum atomic E-state index is -0.338. The first-order valence-electron chi connectivity index (χ1n) is 7.28. The van der Waals surface area contributed by atoms with Crippen LogP contribution in [0.4, 0.5) is 4.39 Å². The van der Waals surface area contributed by atoms with Gasteiger partial charge in [-0.1, -0.05) is 32.9 Å². The Balaban J connectivity index is 2.54. The van der Waals surface area contributed by atoms with Crippen LogP contribution in [0.25, 0.3) is 0 Å². The van der Waals surface area contributed by atoms with E-state index in [-0.39, 0.29) is 11.9 Å². The van der Waals surface area contributed by atoms with Crippen molar-refractivity contribution in [1.29, 1.82) is 0 Å². The van der Waals surface area contributed by atoms with Gasteiger partial charge in [0.1, 0.15) is 6.61 Å². The minimum Gasteiger partial charge on any atom is -0.488 e. The average molecular weight is 283 g/mol. The highest BCUT2D eigenvalue weighted by Crippen LogP contribution is 2.24.